The Morgan fingerprint density at radius 3 is 3.00 bits per heavy atom. The van der Waals surface area contributed by atoms with Crippen LogP contribution in [-0.2, 0) is 6.42 Å². The number of H-pyrrole nitrogens is 1. The molecule has 1 aliphatic heterocycles. The molecule has 20 heavy (non-hydrogen) atoms. The lowest BCUT2D eigenvalue weighted by Crippen LogP contribution is -2.38. The molecule has 1 aromatic carbocycles. The quantitative estimate of drug-likeness (QED) is 0.903. The molecule has 0 saturated carbocycles. The van der Waals surface area contributed by atoms with Crippen LogP contribution in [0, 0.1) is 5.82 Å². The molecule has 5 heteroatoms. The van der Waals surface area contributed by atoms with Crippen LogP contribution in [-0.4, -0.2) is 17.7 Å². The fraction of sp³-hybridized carbons (Fsp3) is 0.400. The van der Waals surface area contributed by atoms with Gasteiger partial charge in [0.15, 0.2) is 0 Å². The third-order valence-electron chi connectivity index (χ3n) is 3.81. The highest BCUT2D eigenvalue weighted by Crippen LogP contribution is 2.27. The summed E-state index contributed by atoms with van der Waals surface area (Å²) in [5.41, 5.74) is 0.791. The Hall–Kier alpha value is -1.88. The highest BCUT2D eigenvalue weighted by atomic mass is 19.1. The second-order valence-electron chi connectivity index (χ2n) is 5.32. The summed E-state index contributed by atoms with van der Waals surface area (Å²) < 4.78 is 18.4. The average Bonchev–Trinajstić information content (AvgIpc) is 2.86. The van der Waals surface area contributed by atoms with Gasteiger partial charge in [-0.1, -0.05) is 12.1 Å². The first-order valence-electron chi connectivity index (χ1n) is 6.87. The molecule has 2 atom stereocenters. The van der Waals surface area contributed by atoms with Crippen molar-refractivity contribution in [2.24, 2.45) is 0 Å². The summed E-state index contributed by atoms with van der Waals surface area (Å²) in [7, 11) is 0. The Morgan fingerprint density at radius 2 is 2.25 bits per heavy atom. The molecule has 1 aliphatic rings. The first-order chi connectivity index (χ1) is 9.70. The van der Waals surface area contributed by atoms with Crippen LogP contribution < -0.4 is 10.9 Å². The number of aromatic amines is 1. The number of rotatable bonds is 3. The predicted octanol–water partition coefficient (Wildman–Crippen LogP) is 2.19. The smallest absolute Gasteiger partial charge is 0.280 e. The molecule has 2 heterocycles. The zero-order valence-corrected chi connectivity index (χ0v) is 11.1. The van der Waals surface area contributed by atoms with E-state index in [9.17, 15) is 9.18 Å². The van der Waals surface area contributed by atoms with Gasteiger partial charge >= 0.3 is 0 Å². The summed E-state index contributed by atoms with van der Waals surface area (Å²) in [5.74, 6) is 0.765. The van der Waals surface area contributed by atoms with E-state index in [4.69, 9.17) is 4.52 Å². The Balaban J connectivity index is 1.67. The van der Waals surface area contributed by atoms with Crippen LogP contribution in [0.4, 0.5) is 4.39 Å². The van der Waals surface area contributed by atoms with Gasteiger partial charge in [-0.05, 0) is 43.5 Å². The molecule has 2 aromatic rings. The minimum absolute atomic E-state index is 0.194. The number of piperidine rings is 1. The van der Waals surface area contributed by atoms with Crippen molar-refractivity contribution in [3.05, 3.63) is 57.8 Å². The highest BCUT2D eigenvalue weighted by molar-refractivity contribution is 5.18. The first-order valence-corrected chi connectivity index (χ1v) is 6.87. The molecule has 0 aliphatic carbocycles. The topological polar surface area (TPSA) is 58.0 Å². The van der Waals surface area contributed by atoms with E-state index < -0.39 is 0 Å². The van der Waals surface area contributed by atoms with Crippen LogP contribution in [0.15, 0.2) is 39.6 Å². The lowest BCUT2D eigenvalue weighted by atomic mass is 9.87. The van der Waals surface area contributed by atoms with Crippen LogP contribution in [0.5, 0.6) is 0 Å². The standard InChI is InChI=1S/C15H17FN2O2/c16-12-3-1-2-10(6-12)7-13-8-11(4-5-17-13)14-9-15(19)18-20-14/h1-3,6,9,11,13,17H,4-5,7-8H2,(H,18,19)/t11-,13+/m0/s1. The molecule has 0 amide bonds. The monoisotopic (exact) mass is 276 g/mol. The molecule has 4 nitrogen and oxygen atoms in total. The summed E-state index contributed by atoms with van der Waals surface area (Å²) in [4.78, 5) is 11.1. The van der Waals surface area contributed by atoms with E-state index in [2.05, 4.69) is 10.5 Å². The van der Waals surface area contributed by atoms with Gasteiger partial charge in [-0.25, -0.2) is 4.39 Å². The van der Waals surface area contributed by atoms with Crippen molar-refractivity contribution >= 4 is 0 Å². The number of hydrogen-bond acceptors (Lipinski definition) is 3. The van der Waals surface area contributed by atoms with Gasteiger partial charge in [0.05, 0.1) is 0 Å². The maximum Gasteiger partial charge on any atom is 0.280 e. The molecule has 1 fully saturated rings. The Kier molecular flexibility index (Phi) is 3.69. The largest absolute Gasteiger partial charge is 0.383 e. The van der Waals surface area contributed by atoms with Gasteiger partial charge in [-0.15, -0.1) is 0 Å². The van der Waals surface area contributed by atoms with Crippen molar-refractivity contribution in [2.45, 2.75) is 31.2 Å². The fourth-order valence-electron chi connectivity index (χ4n) is 2.87. The second kappa shape index (κ2) is 5.63. The minimum Gasteiger partial charge on any atom is -0.383 e. The van der Waals surface area contributed by atoms with Crippen molar-refractivity contribution in [2.75, 3.05) is 6.54 Å². The second-order valence-corrected chi connectivity index (χ2v) is 5.32. The molecule has 1 aromatic heterocycles. The van der Waals surface area contributed by atoms with Crippen molar-refractivity contribution in [3.63, 3.8) is 0 Å². The molecule has 106 valence electrons. The van der Waals surface area contributed by atoms with E-state index in [1.807, 2.05) is 6.07 Å². The van der Waals surface area contributed by atoms with Crippen LogP contribution in [0.2, 0.25) is 0 Å². The number of hydrogen-bond donors (Lipinski definition) is 2. The maximum absolute atomic E-state index is 13.2. The lowest BCUT2D eigenvalue weighted by molar-refractivity contribution is 0.292. The molecule has 0 unspecified atom stereocenters. The van der Waals surface area contributed by atoms with Gasteiger partial charge < -0.3 is 9.84 Å². The van der Waals surface area contributed by atoms with E-state index >= 15 is 0 Å². The molecule has 1 saturated heterocycles. The van der Waals surface area contributed by atoms with Gasteiger partial charge in [0.25, 0.3) is 5.56 Å². The van der Waals surface area contributed by atoms with Gasteiger partial charge in [-0.2, -0.15) is 5.16 Å². The van der Waals surface area contributed by atoms with Crippen LogP contribution >= 0.6 is 0 Å². The number of aromatic nitrogens is 1. The van der Waals surface area contributed by atoms with Crippen molar-refractivity contribution in [3.8, 4) is 0 Å². The van der Waals surface area contributed by atoms with Crippen LogP contribution in [0.25, 0.3) is 0 Å². The van der Waals surface area contributed by atoms with Crippen LogP contribution in [0.3, 0.4) is 0 Å². The summed E-state index contributed by atoms with van der Waals surface area (Å²) in [6, 6.07) is 8.49. The first kappa shape index (κ1) is 13.1. The van der Waals surface area contributed by atoms with E-state index in [0.717, 1.165) is 37.1 Å². The van der Waals surface area contributed by atoms with Gasteiger partial charge in [-0.3, -0.25) is 4.79 Å². The fourth-order valence-corrected chi connectivity index (χ4v) is 2.87. The summed E-state index contributed by atoms with van der Waals surface area (Å²) in [5, 5.41) is 5.78. The molecular formula is C15H17FN2O2. The number of nitrogens with one attached hydrogen (secondary N) is 2. The maximum atomic E-state index is 13.2. The highest BCUT2D eigenvalue weighted by Gasteiger charge is 2.25. The van der Waals surface area contributed by atoms with Crippen molar-refractivity contribution in [1.29, 1.82) is 0 Å². The van der Waals surface area contributed by atoms with Gasteiger partial charge in [0.2, 0.25) is 0 Å². The molecule has 0 bridgehead atoms. The summed E-state index contributed by atoms with van der Waals surface area (Å²) in [6.45, 7) is 0.875. The Labute approximate surface area is 116 Å². The third kappa shape index (κ3) is 2.99. The molecule has 0 radical (unpaired) electrons. The SMILES string of the molecule is O=c1cc([C@H]2CCN[C@H](Cc3cccc(F)c3)C2)o[nH]1. The normalized spacial score (nSPS) is 22.9. The van der Waals surface area contributed by atoms with E-state index in [1.165, 1.54) is 12.1 Å². The lowest BCUT2D eigenvalue weighted by Gasteiger charge is -2.29. The average molecular weight is 276 g/mol. The zero-order valence-electron chi connectivity index (χ0n) is 11.1. The summed E-state index contributed by atoms with van der Waals surface area (Å²) in [6.07, 6.45) is 2.61. The van der Waals surface area contributed by atoms with Crippen molar-refractivity contribution in [1.82, 2.24) is 10.5 Å². The Bertz CT molecular complexity index is 635. The molecule has 2 N–H and O–H groups in total. The molecule has 0 spiro atoms. The number of benzene rings is 1. The minimum atomic E-state index is -0.202. The molecular weight excluding hydrogens is 259 g/mol. The summed E-state index contributed by atoms with van der Waals surface area (Å²) >= 11 is 0. The van der Waals surface area contributed by atoms with E-state index in [1.54, 1.807) is 12.1 Å². The van der Waals surface area contributed by atoms with E-state index in [0.29, 0.717) is 0 Å². The molecule has 3 rings (SSSR count). The van der Waals surface area contributed by atoms with Gasteiger partial charge in [0.1, 0.15) is 11.6 Å². The predicted molar refractivity (Wildman–Crippen MR) is 73.2 cm³/mol. The van der Waals surface area contributed by atoms with Crippen molar-refractivity contribution < 1.29 is 8.91 Å². The Morgan fingerprint density at radius 1 is 1.35 bits per heavy atom. The van der Waals surface area contributed by atoms with E-state index in [-0.39, 0.29) is 23.3 Å². The van der Waals surface area contributed by atoms with Gasteiger partial charge in [0, 0.05) is 18.0 Å². The number of halogens is 1. The zero-order chi connectivity index (χ0) is 13.9. The van der Waals surface area contributed by atoms with Crippen LogP contribution in [0.1, 0.15) is 30.1 Å². The third-order valence-corrected chi connectivity index (χ3v) is 3.81.